The van der Waals surface area contributed by atoms with E-state index in [0.29, 0.717) is 0 Å². The van der Waals surface area contributed by atoms with Gasteiger partial charge in [0.15, 0.2) is 0 Å². The molecule has 1 unspecified atom stereocenters. The van der Waals surface area contributed by atoms with Gasteiger partial charge in [0.25, 0.3) is 0 Å². The van der Waals surface area contributed by atoms with Crippen LogP contribution >= 0.6 is 0 Å². The van der Waals surface area contributed by atoms with Crippen molar-refractivity contribution in [2.75, 3.05) is 13.2 Å². The van der Waals surface area contributed by atoms with E-state index in [2.05, 4.69) is 48.4 Å². The van der Waals surface area contributed by atoms with Gasteiger partial charge in [0.05, 0.1) is 12.1 Å². The summed E-state index contributed by atoms with van der Waals surface area (Å²) in [6, 6.07) is 10.5. The number of pyridine rings is 1. The first-order valence-electron chi connectivity index (χ1n) is 7.34. The molecule has 20 heavy (non-hydrogen) atoms. The number of fused-ring (bicyclic) bond motifs is 1. The molecule has 3 heteroatoms. The number of hydrogen-bond donors (Lipinski definition) is 1. The maximum Gasteiger partial charge on any atom is 0.0708 e. The number of aryl methyl sites for hydroxylation is 1. The molecular formula is C17H22N2O. The molecule has 3 rings (SSSR count). The van der Waals surface area contributed by atoms with Crippen LogP contribution in [-0.2, 0) is 11.3 Å². The van der Waals surface area contributed by atoms with E-state index < -0.39 is 0 Å². The molecule has 0 bridgehead atoms. The van der Waals surface area contributed by atoms with E-state index in [1.54, 1.807) is 0 Å². The quantitative estimate of drug-likeness (QED) is 0.930. The summed E-state index contributed by atoms with van der Waals surface area (Å²) in [7, 11) is 0. The zero-order valence-electron chi connectivity index (χ0n) is 12.3. The zero-order chi connectivity index (χ0) is 14.0. The lowest BCUT2D eigenvalue weighted by atomic mass is 9.94. The minimum absolute atomic E-state index is 0.0938. The smallest absolute Gasteiger partial charge is 0.0708 e. The van der Waals surface area contributed by atoms with Crippen LogP contribution in [0.25, 0.3) is 10.9 Å². The van der Waals surface area contributed by atoms with E-state index in [9.17, 15) is 0 Å². The first-order valence-corrected chi connectivity index (χ1v) is 7.34. The summed E-state index contributed by atoms with van der Waals surface area (Å²) in [4.78, 5) is 4.60. The third-order valence-electron chi connectivity index (χ3n) is 4.07. The molecule has 2 heterocycles. The Morgan fingerprint density at radius 1 is 1.35 bits per heavy atom. The first-order chi connectivity index (χ1) is 9.66. The van der Waals surface area contributed by atoms with Gasteiger partial charge in [0.2, 0.25) is 0 Å². The number of aromatic nitrogens is 1. The summed E-state index contributed by atoms with van der Waals surface area (Å²) in [5, 5.41) is 4.92. The Morgan fingerprint density at radius 2 is 2.20 bits per heavy atom. The first kappa shape index (κ1) is 13.5. The summed E-state index contributed by atoms with van der Waals surface area (Å²) in [6.07, 6.45) is 2.31. The lowest BCUT2D eigenvalue weighted by Gasteiger charge is -2.34. The van der Waals surface area contributed by atoms with Gasteiger partial charge in [-0.25, -0.2) is 0 Å². The highest BCUT2D eigenvalue weighted by Crippen LogP contribution is 2.22. The normalized spacial score (nSPS) is 23.1. The monoisotopic (exact) mass is 270 g/mol. The summed E-state index contributed by atoms with van der Waals surface area (Å²) in [6.45, 7) is 6.87. The van der Waals surface area contributed by atoms with Crippen molar-refractivity contribution in [1.82, 2.24) is 10.3 Å². The van der Waals surface area contributed by atoms with Crippen molar-refractivity contribution in [2.45, 2.75) is 38.8 Å². The standard InChI is InChI=1S/C17H22N2O/c1-13-10-14(15-6-3-4-7-16(15)19-13)11-18-17(2)8-5-9-20-12-17/h3-4,6-7,10,18H,5,8-9,11-12H2,1-2H3. The number of hydrogen-bond acceptors (Lipinski definition) is 3. The molecule has 1 aromatic carbocycles. The fourth-order valence-corrected chi connectivity index (χ4v) is 2.92. The molecule has 3 nitrogen and oxygen atoms in total. The van der Waals surface area contributed by atoms with Gasteiger partial charge in [-0.2, -0.15) is 0 Å². The predicted octanol–water partition coefficient (Wildman–Crippen LogP) is 3.20. The van der Waals surface area contributed by atoms with Crippen molar-refractivity contribution >= 4 is 10.9 Å². The molecule has 2 aromatic rings. The second-order valence-electron chi connectivity index (χ2n) is 6.01. The highest BCUT2D eigenvalue weighted by molar-refractivity contribution is 5.82. The molecule has 1 aliphatic heterocycles. The number of para-hydroxylation sites is 1. The molecule has 0 saturated carbocycles. The van der Waals surface area contributed by atoms with Crippen LogP contribution in [0.4, 0.5) is 0 Å². The van der Waals surface area contributed by atoms with E-state index in [4.69, 9.17) is 4.74 Å². The average molecular weight is 270 g/mol. The Bertz CT molecular complexity index is 603. The van der Waals surface area contributed by atoms with Gasteiger partial charge in [-0.1, -0.05) is 18.2 Å². The molecule has 1 aromatic heterocycles. The highest BCUT2D eigenvalue weighted by Gasteiger charge is 2.26. The Balaban J connectivity index is 1.83. The lowest BCUT2D eigenvalue weighted by molar-refractivity contribution is 0.0278. The Morgan fingerprint density at radius 3 is 3.00 bits per heavy atom. The van der Waals surface area contributed by atoms with E-state index >= 15 is 0 Å². The Hall–Kier alpha value is -1.45. The maximum atomic E-state index is 5.61. The van der Waals surface area contributed by atoms with Crippen LogP contribution in [0.15, 0.2) is 30.3 Å². The van der Waals surface area contributed by atoms with Crippen LogP contribution in [0, 0.1) is 6.92 Å². The zero-order valence-corrected chi connectivity index (χ0v) is 12.3. The fourth-order valence-electron chi connectivity index (χ4n) is 2.92. The van der Waals surface area contributed by atoms with Crippen molar-refractivity contribution in [3.8, 4) is 0 Å². The number of rotatable bonds is 3. The topological polar surface area (TPSA) is 34.1 Å². The van der Waals surface area contributed by atoms with Gasteiger partial charge in [0, 0.05) is 29.8 Å². The molecule has 0 amide bonds. The minimum atomic E-state index is 0.0938. The second-order valence-corrected chi connectivity index (χ2v) is 6.01. The van der Waals surface area contributed by atoms with Gasteiger partial charge in [-0.15, -0.1) is 0 Å². The summed E-state index contributed by atoms with van der Waals surface area (Å²) in [5.41, 5.74) is 3.57. The maximum absolute atomic E-state index is 5.61. The molecular weight excluding hydrogens is 248 g/mol. The second kappa shape index (κ2) is 5.51. The van der Waals surface area contributed by atoms with Crippen molar-refractivity contribution in [3.63, 3.8) is 0 Å². The average Bonchev–Trinajstić information content (AvgIpc) is 2.45. The van der Waals surface area contributed by atoms with Gasteiger partial charge in [0.1, 0.15) is 0 Å². The third kappa shape index (κ3) is 2.84. The van der Waals surface area contributed by atoms with Crippen LogP contribution in [0.1, 0.15) is 31.0 Å². The summed E-state index contributed by atoms with van der Waals surface area (Å²) in [5.74, 6) is 0. The number of nitrogens with zero attached hydrogens (tertiary/aromatic N) is 1. The molecule has 0 radical (unpaired) electrons. The highest BCUT2D eigenvalue weighted by atomic mass is 16.5. The third-order valence-corrected chi connectivity index (χ3v) is 4.07. The molecule has 106 valence electrons. The van der Waals surface area contributed by atoms with Crippen LogP contribution in [0.2, 0.25) is 0 Å². The number of benzene rings is 1. The predicted molar refractivity (Wildman–Crippen MR) is 81.8 cm³/mol. The molecule has 1 fully saturated rings. The van der Waals surface area contributed by atoms with Crippen LogP contribution in [-0.4, -0.2) is 23.7 Å². The molecule has 1 N–H and O–H groups in total. The van der Waals surface area contributed by atoms with E-state index in [1.807, 2.05) is 6.07 Å². The SMILES string of the molecule is Cc1cc(CNC2(C)CCCOC2)c2ccccc2n1. The minimum Gasteiger partial charge on any atom is -0.380 e. The van der Waals surface area contributed by atoms with E-state index in [1.165, 1.54) is 17.4 Å². The van der Waals surface area contributed by atoms with Gasteiger partial charge in [-0.3, -0.25) is 4.98 Å². The molecule has 0 aliphatic carbocycles. The number of nitrogens with one attached hydrogen (secondary N) is 1. The van der Waals surface area contributed by atoms with Gasteiger partial charge < -0.3 is 10.1 Å². The van der Waals surface area contributed by atoms with Crippen LogP contribution in [0.3, 0.4) is 0 Å². The van der Waals surface area contributed by atoms with Crippen molar-refractivity contribution < 1.29 is 4.74 Å². The summed E-state index contributed by atoms with van der Waals surface area (Å²) >= 11 is 0. The van der Waals surface area contributed by atoms with Gasteiger partial charge >= 0.3 is 0 Å². The summed E-state index contributed by atoms with van der Waals surface area (Å²) < 4.78 is 5.61. The van der Waals surface area contributed by atoms with Crippen LogP contribution in [0.5, 0.6) is 0 Å². The van der Waals surface area contributed by atoms with E-state index in [-0.39, 0.29) is 5.54 Å². The van der Waals surface area contributed by atoms with Crippen molar-refractivity contribution in [3.05, 3.63) is 41.6 Å². The van der Waals surface area contributed by atoms with E-state index in [0.717, 1.165) is 37.4 Å². The molecule has 0 spiro atoms. The van der Waals surface area contributed by atoms with Crippen LogP contribution < -0.4 is 5.32 Å². The number of ether oxygens (including phenoxy) is 1. The molecule has 1 saturated heterocycles. The van der Waals surface area contributed by atoms with Gasteiger partial charge in [-0.05, 0) is 44.4 Å². The lowest BCUT2D eigenvalue weighted by Crippen LogP contribution is -2.48. The molecule has 1 aliphatic rings. The van der Waals surface area contributed by atoms with Crippen molar-refractivity contribution in [2.24, 2.45) is 0 Å². The Kier molecular flexibility index (Phi) is 3.72. The van der Waals surface area contributed by atoms with Crippen molar-refractivity contribution in [1.29, 1.82) is 0 Å². The Labute approximate surface area is 120 Å². The fraction of sp³-hybridized carbons (Fsp3) is 0.471. The molecule has 1 atom stereocenters. The largest absolute Gasteiger partial charge is 0.380 e.